The third kappa shape index (κ3) is 1.89. The predicted molar refractivity (Wildman–Crippen MR) is 74.3 cm³/mol. The molecule has 0 atom stereocenters. The van der Waals surface area contributed by atoms with Crippen LogP contribution in [0, 0.1) is 6.92 Å². The number of aromatic nitrogens is 3. The fourth-order valence-electron chi connectivity index (χ4n) is 1.79. The Bertz CT molecular complexity index is 670. The number of rotatable bonds is 2. The van der Waals surface area contributed by atoms with Gasteiger partial charge in [0.15, 0.2) is 11.6 Å². The van der Waals surface area contributed by atoms with E-state index in [9.17, 15) is 0 Å². The molecule has 0 saturated carbocycles. The van der Waals surface area contributed by atoms with E-state index in [0.717, 1.165) is 27.5 Å². The number of nitrogens with one attached hydrogen (secondary N) is 1. The van der Waals surface area contributed by atoms with Crippen LogP contribution in [0.5, 0.6) is 0 Å². The van der Waals surface area contributed by atoms with Crippen molar-refractivity contribution >= 4 is 17.0 Å². The highest BCUT2D eigenvalue weighted by Gasteiger charge is 2.10. The smallest absolute Gasteiger partial charge is 0.181 e. The van der Waals surface area contributed by atoms with Gasteiger partial charge in [0.25, 0.3) is 0 Å². The Hall–Kier alpha value is -2.14. The number of aryl methyl sites for hydroxylation is 1. The first kappa shape index (κ1) is 11.0. The van der Waals surface area contributed by atoms with E-state index >= 15 is 0 Å². The van der Waals surface area contributed by atoms with Crippen LogP contribution in [0.4, 0.5) is 5.69 Å². The molecule has 3 N–H and O–H groups in total. The second-order valence-corrected chi connectivity index (χ2v) is 5.01. The highest BCUT2D eigenvalue weighted by atomic mass is 32.1. The molecule has 3 rings (SSSR count). The summed E-state index contributed by atoms with van der Waals surface area (Å²) in [5, 5.41) is 9.24. The molecule has 1 aromatic carbocycles. The summed E-state index contributed by atoms with van der Waals surface area (Å²) in [6, 6.07) is 9.77. The van der Waals surface area contributed by atoms with E-state index in [-0.39, 0.29) is 0 Å². The summed E-state index contributed by atoms with van der Waals surface area (Å²) in [4.78, 5) is 5.59. The van der Waals surface area contributed by atoms with E-state index in [4.69, 9.17) is 5.73 Å². The fourth-order valence-corrected chi connectivity index (χ4v) is 2.45. The van der Waals surface area contributed by atoms with E-state index in [1.807, 2.05) is 42.6 Å². The van der Waals surface area contributed by atoms with Crippen molar-refractivity contribution in [2.45, 2.75) is 6.92 Å². The van der Waals surface area contributed by atoms with Crippen LogP contribution in [0.15, 0.2) is 35.7 Å². The van der Waals surface area contributed by atoms with Gasteiger partial charge in [-0.2, -0.15) is 5.10 Å². The van der Waals surface area contributed by atoms with Crippen molar-refractivity contribution in [2.75, 3.05) is 5.73 Å². The van der Waals surface area contributed by atoms with Crippen LogP contribution in [0.1, 0.15) is 5.56 Å². The average Bonchev–Trinajstić information content (AvgIpc) is 3.00. The monoisotopic (exact) mass is 256 g/mol. The van der Waals surface area contributed by atoms with E-state index < -0.39 is 0 Å². The average molecular weight is 256 g/mol. The molecule has 0 aliphatic carbocycles. The van der Waals surface area contributed by atoms with Gasteiger partial charge in [-0.1, -0.05) is 12.1 Å². The molecule has 0 spiro atoms. The lowest BCUT2D eigenvalue weighted by atomic mass is 10.1. The molecule has 90 valence electrons. The van der Waals surface area contributed by atoms with Crippen molar-refractivity contribution in [3.63, 3.8) is 0 Å². The van der Waals surface area contributed by atoms with E-state index in [0.29, 0.717) is 5.82 Å². The van der Waals surface area contributed by atoms with Crippen LogP contribution in [0.3, 0.4) is 0 Å². The Labute approximate surface area is 109 Å². The fraction of sp³-hybridized carbons (Fsp3) is 0.0769. The second-order valence-electron chi connectivity index (χ2n) is 4.06. The van der Waals surface area contributed by atoms with Gasteiger partial charge in [0.1, 0.15) is 0 Å². The molecule has 0 aliphatic rings. The number of H-pyrrole nitrogens is 1. The van der Waals surface area contributed by atoms with Crippen molar-refractivity contribution in [1.29, 1.82) is 0 Å². The summed E-state index contributed by atoms with van der Waals surface area (Å²) >= 11 is 1.63. The summed E-state index contributed by atoms with van der Waals surface area (Å²) in [7, 11) is 0. The van der Waals surface area contributed by atoms with Crippen LogP contribution in [-0.2, 0) is 0 Å². The van der Waals surface area contributed by atoms with Crippen LogP contribution >= 0.6 is 11.3 Å². The maximum Gasteiger partial charge on any atom is 0.181 e. The lowest BCUT2D eigenvalue weighted by molar-refractivity contribution is 1.10. The molecule has 0 bridgehead atoms. The first-order valence-electron chi connectivity index (χ1n) is 5.57. The number of thiophene rings is 1. The maximum atomic E-state index is 5.80. The zero-order valence-electron chi connectivity index (χ0n) is 9.84. The summed E-state index contributed by atoms with van der Waals surface area (Å²) in [5.41, 5.74) is 8.60. The largest absolute Gasteiger partial charge is 0.399 e. The summed E-state index contributed by atoms with van der Waals surface area (Å²) in [6.07, 6.45) is 0. The van der Waals surface area contributed by atoms with Crippen molar-refractivity contribution in [1.82, 2.24) is 15.2 Å². The van der Waals surface area contributed by atoms with Gasteiger partial charge in [0.05, 0.1) is 4.88 Å². The molecule has 0 unspecified atom stereocenters. The molecule has 2 heterocycles. The lowest BCUT2D eigenvalue weighted by Crippen LogP contribution is -1.90. The third-order valence-corrected chi connectivity index (χ3v) is 3.62. The van der Waals surface area contributed by atoms with Crippen LogP contribution in [-0.4, -0.2) is 15.2 Å². The molecule has 0 radical (unpaired) electrons. The number of benzene rings is 1. The zero-order chi connectivity index (χ0) is 12.5. The summed E-state index contributed by atoms with van der Waals surface area (Å²) < 4.78 is 0. The minimum absolute atomic E-state index is 0.684. The molecule has 2 aromatic heterocycles. The lowest BCUT2D eigenvalue weighted by Gasteiger charge is -2.01. The highest BCUT2D eigenvalue weighted by molar-refractivity contribution is 7.13. The van der Waals surface area contributed by atoms with Gasteiger partial charge in [-0.15, -0.1) is 11.3 Å². The number of nitrogens with zero attached hydrogens (tertiary/aromatic N) is 2. The minimum atomic E-state index is 0.684. The van der Waals surface area contributed by atoms with E-state index in [1.54, 1.807) is 11.3 Å². The first-order valence-corrected chi connectivity index (χ1v) is 6.45. The number of nitrogen functional groups attached to an aromatic ring is 1. The molecule has 3 aromatic rings. The molecular weight excluding hydrogens is 244 g/mol. The minimum Gasteiger partial charge on any atom is -0.399 e. The van der Waals surface area contributed by atoms with E-state index in [1.165, 1.54) is 0 Å². The van der Waals surface area contributed by atoms with Gasteiger partial charge in [-0.3, -0.25) is 5.10 Å². The molecule has 18 heavy (non-hydrogen) atoms. The quantitative estimate of drug-likeness (QED) is 0.692. The molecule has 5 heteroatoms. The van der Waals surface area contributed by atoms with Gasteiger partial charge >= 0.3 is 0 Å². The van der Waals surface area contributed by atoms with Gasteiger partial charge in [0.2, 0.25) is 0 Å². The first-order chi connectivity index (χ1) is 8.74. The van der Waals surface area contributed by atoms with Crippen LogP contribution < -0.4 is 5.73 Å². The van der Waals surface area contributed by atoms with Gasteiger partial charge in [0, 0.05) is 11.3 Å². The topological polar surface area (TPSA) is 67.6 Å². The number of nitrogens with two attached hydrogens (primary N) is 1. The Kier molecular flexibility index (Phi) is 2.60. The molecule has 4 nitrogen and oxygen atoms in total. The Morgan fingerprint density at radius 1 is 1.28 bits per heavy atom. The number of hydrogen-bond donors (Lipinski definition) is 2. The number of anilines is 1. The standard InChI is InChI=1S/C13H12N4S/c1-8-4-5-9(14)7-10(8)12-15-13(17-16-12)11-3-2-6-18-11/h2-7H,14H2,1H3,(H,15,16,17). The van der Waals surface area contributed by atoms with Crippen molar-refractivity contribution in [3.8, 4) is 22.1 Å². The predicted octanol–water partition coefficient (Wildman–Crippen LogP) is 3.09. The Morgan fingerprint density at radius 2 is 2.17 bits per heavy atom. The molecule has 0 fully saturated rings. The van der Waals surface area contributed by atoms with E-state index in [2.05, 4.69) is 15.2 Å². The maximum absolute atomic E-state index is 5.80. The van der Waals surface area contributed by atoms with Crippen LogP contribution in [0.2, 0.25) is 0 Å². The van der Waals surface area contributed by atoms with Crippen molar-refractivity contribution < 1.29 is 0 Å². The number of aromatic amines is 1. The zero-order valence-corrected chi connectivity index (χ0v) is 10.7. The highest BCUT2D eigenvalue weighted by Crippen LogP contribution is 2.26. The summed E-state index contributed by atoms with van der Waals surface area (Å²) in [6.45, 7) is 2.02. The number of hydrogen-bond acceptors (Lipinski definition) is 4. The van der Waals surface area contributed by atoms with Crippen molar-refractivity contribution in [3.05, 3.63) is 41.3 Å². The normalized spacial score (nSPS) is 10.7. The Morgan fingerprint density at radius 3 is 2.94 bits per heavy atom. The second kappa shape index (κ2) is 4.27. The van der Waals surface area contributed by atoms with Crippen LogP contribution in [0.25, 0.3) is 22.1 Å². The van der Waals surface area contributed by atoms with Gasteiger partial charge < -0.3 is 5.73 Å². The van der Waals surface area contributed by atoms with Gasteiger partial charge in [-0.05, 0) is 36.1 Å². The SMILES string of the molecule is Cc1ccc(N)cc1-c1n[nH]c(-c2cccs2)n1. The molecular formula is C13H12N4S. The molecule has 0 saturated heterocycles. The van der Waals surface area contributed by atoms with Gasteiger partial charge in [-0.25, -0.2) is 4.98 Å². The molecule has 0 aliphatic heterocycles. The summed E-state index contributed by atoms with van der Waals surface area (Å²) in [5.74, 6) is 1.48. The molecule has 0 amide bonds. The Balaban J connectivity index is 2.05. The third-order valence-electron chi connectivity index (χ3n) is 2.74. The van der Waals surface area contributed by atoms with Crippen molar-refractivity contribution in [2.24, 2.45) is 0 Å².